The fraction of sp³-hybridized carbons (Fsp3) is 0.444. The van der Waals surface area contributed by atoms with Crippen LogP contribution in [0.4, 0.5) is 0 Å². The number of nitrogens with zero attached hydrogens (tertiary/aromatic N) is 1. The van der Waals surface area contributed by atoms with Gasteiger partial charge in [-0.15, -0.1) is 0 Å². The summed E-state index contributed by atoms with van der Waals surface area (Å²) in [6.45, 7) is -0.376. The summed E-state index contributed by atoms with van der Waals surface area (Å²) in [5.41, 5.74) is 6.99. The maximum absolute atomic E-state index is 11.4. The third kappa shape index (κ3) is 2.57. The van der Waals surface area contributed by atoms with Crippen LogP contribution in [-0.2, 0) is 9.63 Å². The highest BCUT2D eigenvalue weighted by atomic mass is 16.7. The molecule has 7 nitrogen and oxygen atoms in total. The molecule has 2 rings (SSSR count). The van der Waals surface area contributed by atoms with E-state index >= 15 is 0 Å². The second kappa shape index (κ2) is 4.31. The Morgan fingerprint density at radius 2 is 2.38 bits per heavy atom. The molecule has 7 heteroatoms. The van der Waals surface area contributed by atoms with Crippen LogP contribution in [0.3, 0.4) is 0 Å². The summed E-state index contributed by atoms with van der Waals surface area (Å²) in [5.74, 6) is -0.128. The number of carbonyl (C=O) groups excluding carboxylic acids is 2. The Balaban J connectivity index is 1.85. The van der Waals surface area contributed by atoms with Crippen LogP contribution in [-0.4, -0.2) is 23.6 Å². The minimum atomic E-state index is -0.667. The SMILES string of the molecule is NC(=O)CONC(=O)c1cc(C2CC2)on1. The summed E-state index contributed by atoms with van der Waals surface area (Å²) in [6, 6.07) is 1.57. The van der Waals surface area contributed by atoms with Gasteiger partial charge in [0, 0.05) is 12.0 Å². The van der Waals surface area contributed by atoms with Gasteiger partial charge in [-0.3, -0.25) is 14.4 Å². The van der Waals surface area contributed by atoms with Crippen LogP contribution < -0.4 is 11.2 Å². The number of amides is 2. The summed E-state index contributed by atoms with van der Waals surface area (Å²) >= 11 is 0. The average Bonchev–Trinajstić information content (AvgIpc) is 2.96. The van der Waals surface area contributed by atoms with Gasteiger partial charge < -0.3 is 10.3 Å². The number of primary amides is 1. The topological polar surface area (TPSA) is 107 Å². The second-order valence-corrected chi connectivity index (χ2v) is 3.57. The van der Waals surface area contributed by atoms with Crippen LogP contribution in [0.1, 0.15) is 35.0 Å². The molecule has 0 bridgehead atoms. The summed E-state index contributed by atoms with van der Waals surface area (Å²) in [6.07, 6.45) is 2.13. The van der Waals surface area contributed by atoms with Crippen LogP contribution in [0.5, 0.6) is 0 Å². The molecule has 2 amide bonds. The van der Waals surface area contributed by atoms with Gasteiger partial charge in [0.05, 0.1) is 0 Å². The number of hydrogen-bond donors (Lipinski definition) is 2. The number of rotatable bonds is 5. The Kier molecular flexibility index (Phi) is 2.86. The molecular weight excluding hydrogens is 214 g/mol. The van der Waals surface area contributed by atoms with Crippen LogP contribution in [0.2, 0.25) is 0 Å². The normalized spacial score (nSPS) is 14.8. The molecule has 1 saturated carbocycles. The molecule has 0 radical (unpaired) electrons. The zero-order valence-electron chi connectivity index (χ0n) is 8.43. The molecule has 0 aromatic carbocycles. The lowest BCUT2D eigenvalue weighted by Gasteiger charge is -1.99. The number of aromatic nitrogens is 1. The van der Waals surface area contributed by atoms with E-state index in [2.05, 4.69) is 9.99 Å². The van der Waals surface area contributed by atoms with Gasteiger partial charge in [0.2, 0.25) is 5.91 Å². The highest BCUT2D eigenvalue weighted by Crippen LogP contribution is 2.40. The molecule has 1 aliphatic carbocycles. The van der Waals surface area contributed by atoms with Gasteiger partial charge in [0.15, 0.2) is 12.3 Å². The van der Waals surface area contributed by atoms with Gasteiger partial charge in [-0.1, -0.05) is 5.16 Å². The largest absolute Gasteiger partial charge is 0.368 e. The molecule has 1 heterocycles. The van der Waals surface area contributed by atoms with E-state index in [0.29, 0.717) is 11.7 Å². The summed E-state index contributed by atoms with van der Waals surface area (Å²) in [5, 5.41) is 3.59. The van der Waals surface area contributed by atoms with Crippen molar-refractivity contribution in [2.24, 2.45) is 5.73 Å². The van der Waals surface area contributed by atoms with Crippen molar-refractivity contribution in [1.29, 1.82) is 0 Å². The molecule has 0 saturated heterocycles. The molecule has 1 aromatic heterocycles. The highest BCUT2D eigenvalue weighted by Gasteiger charge is 2.28. The number of nitrogens with one attached hydrogen (secondary N) is 1. The van der Waals surface area contributed by atoms with Crippen molar-refractivity contribution in [1.82, 2.24) is 10.6 Å². The van der Waals surface area contributed by atoms with Crippen LogP contribution in [0.15, 0.2) is 10.6 Å². The van der Waals surface area contributed by atoms with Gasteiger partial charge in [-0.05, 0) is 12.8 Å². The van der Waals surface area contributed by atoms with Crippen molar-refractivity contribution in [2.75, 3.05) is 6.61 Å². The minimum absolute atomic E-state index is 0.131. The maximum Gasteiger partial charge on any atom is 0.297 e. The fourth-order valence-electron chi connectivity index (χ4n) is 1.18. The van der Waals surface area contributed by atoms with E-state index in [1.54, 1.807) is 6.07 Å². The summed E-state index contributed by atoms with van der Waals surface area (Å²) in [4.78, 5) is 26.2. The zero-order valence-corrected chi connectivity index (χ0v) is 8.43. The summed E-state index contributed by atoms with van der Waals surface area (Å²) < 4.78 is 4.98. The van der Waals surface area contributed by atoms with Crippen LogP contribution in [0.25, 0.3) is 0 Å². The smallest absolute Gasteiger partial charge is 0.297 e. The van der Waals surface area contributed by atoms with E-state index in [1.807, 2.05) is 5.48 Å². The van der Waals surface area contributed by atoms with Crippen LogP contribution >= 0.6 is 0 Å². The lowest BCUT2D eigenvalue weighted by molar-refractivity contribution is -0.124. The molecule has 1 aliphatic rings. The van der Waals surface area contributed by atoms with Gasteiger partial charge in [-0.25, -0.2) is 5.48 Å². The van der Waals surface area contributed by atoms with Crippen molar-refractivity contribution in [3.8, 4) is 0 Å². The van der Waals surface area contributed by atoms with Gasteiger partial charge in [-0.2, -0.15) is 0 Å². The fourth-order valence-corrected chi connectivity index (χ4v) is 1.18. The lowest BCUT2D eigenvalue weighted by Crippen LogP contribution is -2.29. The molecule has 3 N–H and O–H groups in total. The number of carbonyl (C=O) groups is 2. The molecule has 16 heavy (non-hydrogen) atoms. The molecule has 1 fully saturated rings. The first-order valence-corrected chi connectivity index (χ1v) is 4.84. The van der Waals surface area contributed by atoms with E-state index < -0.39 is 11.8 Å². The minimum Gasteiger partial charge on any atom is -0.368 e. The molecular formula is C9H11N3O4. The van der Waals surface area contributed by atoms with Crippen molar-refractivity contribution >= 4 is 11.8 Å². The Labute approximate surface area is 90.9 Å². The highest BCUT2D eigenvalue weighted by molar-refractivity contribution is 5.91. The standard InChI is InChI=1S/C9H11N3O4/c10-8(13)4-15-12-9(14)6-3-7(16-11-6)5-1-2-5/h3,5H,1-2,4H2,(H2,10,13)(H,12,14). The predicted octanol–water partition coefficient (Wildman–Crippen LogP) is -0.301. The monoisotopic (exact) mass is 225 g/mol. The molecule has 0 spiro atoms. The van der Waals surface area contributed by atoms with Gasteiger partial charge in [0.1, 0.15) is 5.76 Å². The van der Waals surface area contributed by atoms with Crippen LogP contribution in [0, 0.1) is 0 Å². The molecule has 86 valence electrons. The first-order chi connectivity index (χ1) is 7.66. The molecule has 0 atom stereocenters. The number of hydrogen-bond acceptors (Lipinski definition) is 5. The van der Waals surface area contributed by atoms with Gasteiger partial charge >= 0.3 is 0 Å². The Morgan fingerprint density at radius 3 is 3.00 bits per heavy atom. The van der Waals surface area contributed by atoms with Crippen molar-refractivity contribution in [2.45, 2.75) is 18.8 Å². The first-order valence-electron chi connectivity index (χ1n) is 4.84. The van der Waals surface area contributed by atoms with E-state index in [4.69, 9.17) is 10.3 Å². The van der Waals surface area contributed by atoms with E-state index in [9.17, 15) is 9.59 Å². The third-order valence-corrected chi connectivity index (χ3v) is 2.12. The average molecular weight is 225 g/mol. The number of hydroxylamine groups is 1. The van der Waals surface area contributed by atoms with E-state index in [1.165, 1.54) is 0 Å². The van der Waals surface area contributed by atoms with Crippen molar-refractivity contribution in [3.05, 3.63) is 17.5 Å². The molecule has 0 unspecified atom stereocenters. The van der Waals surface area contributed by atoms with Gasteiger partial charge in [0.25, 0.3) is 5.91 Å². The Hall–Kier alpha value is -1.89. The van der Waals surface area contributed by atoms with E-state index in [-0.39, 0.29) is 12.3 Å². The Bertz CT molecular complexity index is 411. The number of nitrogens with two attached hydrogens (primary N) is 1. The van der Waals surface area contributed by atoms with Crippen molar-refractivity contribution in [3.63, 3.8) is 0 Å². The maximum atomic E-state index is 11.4. The molecule has 1 aromatic rings. The predicted molar refractivity (Wildman–Crippen MR) is 51.1 cm³/mol. The second-order valence-electron chi connectivity index (χ2n) is 3.57. The zero-order chi connectivity index (χ0) is 11.5. The lowest BCUT2D eigenvalue weighted by atomic mass is 10.3. The van der Waals surface area contributed by atoms with Crippen molar-refractivity contribution < 1.29 is 18.9 Å². The first kappa shape index (κ1) is 10.6. The Morgan fingerprint density at radius 1 is 1.62 bits per heavy atom. The summed E-state index contributed by atoms with van der Waals surface area (Å²) in [7, 11) is 0. The third-order valence-electron chi connectivity index (χ3n) is 2.12. The quantitative estimate of drug-likeness (QED) is 0.669. The molecule has 0 aliphatic heterocycles. The van der Waals surface area contributed by atoms with E-state index in [0.717, 1.165) is 12.8 Å².